The molecule has 0 bridgehead atoms. The van der Waals surface area contributed by atoms with Gasteiger partial charge in [0.05, 0.1) is 11.7 Å². The smallest absolute Gasteiger partial charge is 0.319 e. The maximum Gasteiger partial charge on any atom is 0.319 e. The van der Waals surface area contributed by atoms with Crippen LogP contribution >= 0.6 is 23.4 Å². The number of anilines is 1. The number of carbonyl (C=O) groups excluding carboxylic acids is 1. The van der Waals surface area contributed by atoms with Crippen molar-refractivity contribution in [3.63, 3.8) is 0 Å². The fraction of sp³-hybridized carbons (Fsp3) is 0.192. The number of hydrogen-bond donors (Lipinski definition) is 2. The minimum atomic E-state index is -0.401. The van der Waals surface area contributed by atoms with Crippen LogP contribution in [0.1, 0.15) is 35.5 Å². The molecular weight excluding hydrogens is 466 g/mol. The minimum absolute atomic E-state index is 0.311. The lowest BCUT2D eigenvalue weighted by molar-refractivity contribution is 0.249. The van der Waals surface area contributed by atoms with Gasteiger partial charge < -0.3 is 10.6 Å². The molecule has 6 nitrogen and oxygen atoms in total. The average Bonchev–Trinajstić information content (AvgIpc) is 3.24. The molecule has 2 amide bonds. The van der Waals surface area contributed by atoms with E-state index in [1.807, 2.05) is 86.0 Å². The van der Waals surface area contributed by atoms with E-state index in [0.29, 0.717) is 10.8 Å². The fourth-order valence-electron chi connectivity index (χ4n) is 3.58. The molecule has 1 atom stereocenters. The Morgan fingerprint density at radius 2 is 1.82 bits per heavy atom. The van der Waals surface area contributed by atoms with E-state index in [4.69, 9.17) is 11.6 Å². The lowest BCUT2D eigenvalue weighted by Crippen LogP contribution is -2.32. The van der Waals surface area contributed by atoms with Gasteiger partial charge in [-0.25, -0.2) is 4.79 Å². The molecule has 0 fully saturated rings. The van der Waals surface area contributed by atoms with Crippen LogP contribution in [-0.2, 0) is 5.75 Å². The molecule has 34 heavy (non-hydrogen) atoms. The third-order valence-electron chi connectivity index (χ3n) is 5.29. The van der Waals surface area contributed by atoms with Crippen LogP contribution in [0.25, 0.3) is 5.69 Å². The van der Waals surface area contributed by atoms with Gasteiger partial charge in [-0.15, -0.1) is 10.2 Å². The molecule has 0 aliphatic carbocycles. The first-order chi connectivity index (χ1) is 16.4. The second-order valence-electron chi connectivity index (χ2n) is 8.07. The summed E-state index contributed by atoms with van der Waals surface area (Å²) in [7, 11) is 0. The fourth-order valence-corrected chi connectivity index (χ4v) is 4.65. The Bertz CT molecular complexity index is 1290. The molecular formula is C26H26ClN5OS. The number of amides is 2. The number of benzene rings is 3. The first kappa shape index (κ1) is 23.9. The zero-order valence-corrected chi connectivity index (χ0v) is 20.8. The third-order valence-corrected chi connectivity index (χ3v) is 6.53. The summed E-state index contributed by atoms with van der Waals surface area (Å²) in [5.41, 5.74) is 4.91. The highest BCUT2D eigenvalue weighted by atomic mass is 35.5. The number of aryl methyl sites for hydroxylation is 2. The van der Waals surface area contributed by atoms with Gasteiger partial charge in [-0.05, 0) is 61.7 Å². The predicted octanol–water partition coefficient (Wildman–Crippen LogP) is 6.71. The highest BCUT2D eigenvalue weighted by Crippen LogP contribution is 2.30. The lowest BCUT2D eigenvalue weighted by atomic mass is 10.2. The van der Waals surface area contributed by atoms with Crippen LogP contribution in [-0.4, -0.2) is 20.8 Å². The SMILES string of the molecule is Cc1cccc(NC(=O)NC(C)c2nnc(SCc3ccccc3)n2-c2cc(Cl)ccc2C)c1. The van der Waals surface area contributed by atoms with Crippen molar-refractivity contribution in [2.45, 2.75) is 37.7 Å². The van der Waals surface area contributed by atoms with E-state index in [9.17, 15) is 4.79 Å². The quantitative estimate of drug-likeness (QED) is 0.282. The van der Waals surface area contributed by atoms with Gasteiger partial charge in [-0.2, -0.15) is 0 Å². The lowest BCUT2D eigenvalue weighted by Gasteiger charge is -2.18. The summed E-state index contributed by atoms with van der Waals surface area (Å²) in [4.78, 5) is 12.7. The van der Waals surface area contributed by atoms with E-state index in [1.54, 1.807) is 11.8 Å². The van der Waals surface area contributed by atoms with Gasteiger partial charge in [0, 0.05) is 16.5 Å². The molecule has 4 aromatic rings. The molecule has 1 heterocycles. The maximum absolute atomic E-state index is 12.7. The number of carbonyl (C=O) groups is 1. The summed E-state index contributed by atoms with van der Waals surface area (Å²) in [6.07, 6.45) is 0. The monoisotopic (exact) mass is 491 g/mol. The molecule has 0 aliphatic heterocycles. The van der Waals surface area contributed by atoms with E-state index >= 15 is 0 Å². The molecule has 1 unspecified atom stereocenters. The third kappa shape index (κ3) is 5.79. The summed E-state index contributed by atoms with van der Waals surface area (Å²) in [6.45, 7) is 5.89. The number of rotatable bonds is 7. The van der Waals surface area contributed by atoms with Crippen LogP contribution in [0.3, 0.4) is 0 Å². The largest absolute Gasteiger partial charge is 0.328 e. The first-order valence-electron chi connectivity index (χ1n) is 10.9. The zero-order chi connectivity index (χ0) is 24.1. The van der Waals surface area contributed by atoms with Crippen molar-refractivity contribution in [1.29, 1.82) is 0 Å². The number of nitrogens with one attached hydrogen (secondary N) is 2. The van der Waals surface area contributed by atoms with Gasteiger partial charge in [0.2, 0.25) is 0 Å². The number of thioether (sulfide) groups is 1. The Morgan fingerprint density at radius 1 is 1.03 bits per heavy atom. The topological polar surface area (TPSA) is 71.8 Å². The van der Waals surface area contributed by atoms with Crippen LogP contribution in [0, 0.1) is 13.8 Å². The number of aromatic nitrogens is 3. The maximum atomic E-state index is 12.7. The van der Waals surface area contributed by atoms with E-state index in [2.05, 4.69) is 33.0 Å². The molecule has 0 spiro atoms. The second kappa shape index (κ2) is 10.8. The van der Waals surface area contributed by atoms with Gasteiger partial charge in [0.25, 0.3) is 0 Å². The molecule has 0 aliphatic rings. The van der Waals surface area contributed by atoms with E-state index in [-0.39, 0.29) is 6.03 Å². The van der Waals surface area contributed by atoms with Crippen molar-refractivity contribution in [2.24, 2.45) is 0 Å². The minimum Gasteiger partial charge on any atom is -0.328 e. The molecule has 3 aromatic carbocycles. The second-order valence-corrected chi connectivity index (χ2v) is 9.45. The van der Waals surface area contributed by atoms with E-state index in [0.717, 1.165) is 33.4 Å². The highest BCUT2D eigenvalue weighted by molar-refractivity contribution is 7.98. The normalized spacial score (nSPS) is 11.8. The van der Waals surface area contributed by atoms with Crippen molar-refractivity contribution in [2.75, 3.05) is 5.32 Å². The van der Waals surface area contributed by atoms with Crippen molar-refractivity contribution in [1.82, 2.24) is 20.1 Å². The Labute approximate surface area is 208 Å². The highest BCUT2D eigenvalue weighted by Gasteiger charge is 2.22. The van der Waals surface area contributed by atoms with Crippen molar-refractivity contribution >= 4 is 35.1 Å². The standard InChI is InChI=1S/C26H26ClN5OS/c1-17-8-7-11-22(14-17)29-25(33)28-19(3)24-30-31-26(34-16-20-9-5-4-6-10-20)32(24)23-15-21(27)13-12-18(23)2/h4-15,19H,16H2,1-3H3,(H2,28,29,33). The zero-order valence-electron chi connectivity index (χ0n) is 19.2. The van der Waals surface area contributed by atoms with Gasteiger partial charge in [-0.1, -0.05) is 71.9 Å². The molecule has 174 valence electrons. The number of nitrogens with zero attached hydrogens (tertiary/aromatic N) is 3. The summed E-state index contributed by atoms with van der Waals surface area (Å²) < 4.78 is 1.98. The Kier molecular flexibility index (Phi) is 7.55. The van der Waals surface area contributed by atoms with Crippen molar-refractivity contribution in [3.8, 4) is 5.69 Å². The van der Waals surface area contributed by atoms with Gasteiger partial charge in [0.1, 0.15) is 0 Å². The number of halogens is 1. The molecule has 8 heteroatoms. The molecule has 2 N–H and O–H groups in total. The Hall–Kier alpha value is -3.29. The van der Waals surface area contributed by atoms with Gasteiger partial charge >= 0.3 is 6.03 Å². The van der Waals surface area contributed by atoms with Crippen LogP contribution in [0.15, 0.2) is 78.0 Å². The molecule has 0 saturated heterocycles. The summed E-state index contributed by atoms with van der Waals surface area (Å²) in [5.74, 6) is 1.37. The average molecular weight is 492 g/mol. The van der Waals surface area contributed by atoms with Gasteiger partial charge in [0.15, 0.2) is 11.0 Å². The van der Waals surface area contributed by atoms with Crippen LogP contribution in [0.5, 0.6) is 0 Å². The van der Waals surface area contributed by atoms with Crippen LogP contribution < -0.4 is 10.6 Å². The predicted molar refractivity (Wildman–Crippen MR) is 139 cm³/mol. The molecule has 0 saturated carbocycles. The summed E-state index contributed by atoms with van der Waals surface area (Å²) in [6, 6.07) is 22.9. The Morgan fingerprint density at radius 3 is 2.59 bits per heavy atom. The number of hydrogen-bond acceptors (Lipinski definition) is 4. The molecule has 1 aromatic heterocycles. The van der Waals surface area contributed by atoms with Gasteiger partial charge in [-0.3, -0.25) is 4.57 Å². The van der Waals surface area contributed by atoms with Crippen LogP contribution in [0.2, 0.25) is 5.02 Å². The Balaban J connectivity index is 1.61. The first-order valence-corrected chi connectivity index (χ1v) is 12.3. The van der Waals surface area contributed by atoms with Crippen molar-refractivity contribution < 1.29 is 4.79 Å². The van der Waals surface area contributed by atoms with E-state index < -0.39 is 6.04 Å². The van der Waals surface area contributed by atoms with Crippen LogP contribution in [0.4, 0.5) is 10.5 Å². The summed E-state index contributed by atoms with van der Waals surface area (Å²) >= 11 is 7.93. The molecule has 4 rings (SSSR count). The number of urea groups is 1. The molecule has 0 radical (unpaired) electrons. The van der Waals surface area contributed by atoms with E-state index in [1.165, 1.54) is 5.56 Å². The summed E-state index contributed by atoms with van der Waals surface area (Å²) in [5, 5.41) is 16.1. The van der Waals surface area contributed by atoms with Crippen molar-refractivity contribution in [3.05, 3.63) is 100 Å².